The lowest BCUT2D eigenvalue weighted by molar-refractivity contribution is -0.136. The second-order valence-electron chi connectivity index (χ2n) is 5.41. The number of carbonyl (C=O) groups is 1. The number of carboxylic acids is 1. The molecule has 8 nitrogen and oxygen atoms in total. The summed E-state index contributed by atoms with van der Waals surface area (Å²) in [5.41, 5.74) is -0.0972. The average Bonchev–Trinajstić information content (AvgIpc) is 2.50. The van der Waals surface area contributed by atoms with Gasteiger partial charge in [-0.1, -0.05) is 12.1 Å². The van der Waals surface area contributed by atoms with E-state index in [2.05, 4.69) is 9.97 Å². The Morgan fingerprint density at radius 1 is 1.28 bits per heavy atom. The van der Waals surface area contributed by atoms with Crippen LogP contribution in [0.15, 0.2) is 35.3 Å². The van der Waals surface area contributed by atoms with Gasteiger partial charge in [-0.25, -0.2) is 17.8 Å². The van der Waals surface area contributed by atoms with Gasteiger partial charge in [0.25, 0.3) is 5.56 Å². The Labute approximate surface area is 143 Å². The summed E-state index contributed by atoms with van der Waals surface area (Å²) in [6.07, 6.45) is 1.64. The summed E-state index contributed by atoms with van der Waals surface area (Å²) in [6.45, 7) is -0.238. The standard InChI is InChI=1S/C15H16FN3O5S/c1-25(23,24)19(8-10-2-4-12(16)5-3-10)9-13-17-7-11(6-14(20)21)15(22)18-13/h2-5,7H,6,8-9H2,1H3,(H,20,21)(H,17,18,22). The summed E-state index contributed by atoms with van der Waals surface area (Å²) in [7, 11) is -3.63. The van der Waals surface area contributed by atoms with Crippen molar-refractivity contribution in [3.8, 4) is 0 Å². The van der Waals surface area contributed by atoms with Gasteiger partial charge in [0.2, 0.25) is 10.0 Å². The molecular weight excluding hydrogens is 353 g/mol. The van der Waals surface area contributed by atoms with Crippen LogP contribution in [0.5, 0.6) is 0 Å². The van der Waals surface area contributed by atoms with Crippen molar-refractivity contribution in [3.05, 3.63) is 63.6 Å². The van der Waals surface area contributed by atoms with E-state index < -0.39 is 33.8 Å². The van der Waals surface area contributed by atoms with Crippen molar-refractivity contribution in [3.63, 3.8) is 0 Å². The number of hydrogen-bond donors (Lipinski definition) is 2. The van der Waals surface area contributed by atoms with Crippen molar-refractivity contribution in [2.45, 2.75) is 19.5 Å². The summed E-state index contributed by atoms with van der Waals surface area (Å²) < 4.78 is 37.9. The maximum absolute atomic E-state index is 13.0. The summed E-state index contributed by atoms with van der Waals surface area (Å²) >= 11 is 0. The molecule has 0 amide bonds. The van der Waals surface area contributed by atoms with Crippen molar-refractivity contribution >= 4 is 16.0 Å². The van der Waals surface area contributed by atoms with Gasteiger partial charge in [0.05, 0.1) is 19.2 Å². The number of carboxylic acid groups (broad SMARTS) is 1. The first kappa shape index (κ1) is 18.7. The molecule has 1 heterocycles. The number of nitrogens with one attached hydrogen (secondary N) is 1. The van der Waals surface area contributed by atoms with Crippen LogP contribution in [0.2, 0.25) is 0 Å². The van der Waals surface area contributed by atoms with E-state index in [-0.39, 0.29) is 24.5 Å². The first-order valence-corrected chi connectivity index (χ1v) is 8.98. The molecule has 0 bridgehead atoms. The van der Waals surface area contributed by atoms with Gasteiger partial charge in [0, 0.05) is 18.3 Å². The monoisotopic (exact) mass is 369 g/mol. The maximum Gasteiger partial charge on any atom is 0.308 e. The Kier molecular flexibility index (Phi) is 5.65. The van der Waals surface area contributed by atoms with Crippen LogP contribution < -0.4 is 5.56 Å². The molecule has 0 unspecified atom stereocenters. The highest BCUT2D eigenvalue weighted by Gasteiger charge is 2.19. The van der Waals surface area contributed by atoms with Gasteiger partial charge < -0.3 is 10.1 Å². The number of benzene rings is 1. The molecule has 0 radical (unpaired) electrons. The molecule has 134 valence electrons. The number of aromatic amines is 1. The number of H-pyrrole nitrogens is 1. The first-order valence-electron chi connectivity index (χ1n) is 7.13. The molecule has 1 aromatic heterocycles. The summed E-state index contributed by atoms with van der Waals surface area (Å²) in [5.74, 6) is -1.53. The molecule has 0 atom stereocenters. The van der Waals surface area contributed by atoms with Gasteiger partial charge in [-0.2, -0.15) is 4.31 Å². The second-order valence-corrected chi connectivity index (χ2v) is 7.39. The minimum atomic E-state index is -3.63. The highest BCUT2D eigenvalue weighted by Crippen LogP contribution is 2.12. The van der Waals surface area contributed by atoms with Crippen LogP contribution in [0.25, 0.3) is 0 Å². The molecule has 10 heteroatoms. The van der Waals surface area contributed by atoms with Crippen LogP contribution in [0, 0.1) is 5.82 Å². The molecule has 0 aliphatic heterocycles. The minimum Gasteiger partial charge on any atom is -0.481 e. The van der Waals surface area contributed by atoms with Crippen LogP contribution >= 0.6 is 0 Å². The lowest BCUT2D eigenvalue weighted by atomic mass is 10.2. The van der Waals surface area contributed by atoms with Gasteiger partial charge in [-0.15, -0.1) is 0 Å². The van der Waals surface area contributed by atoms with E-state index in [0.29, 0.717) is 5.56 Å². The van der Waals surface area contributed by atoms with Gasteiger partial charge in [0.1, 0.15) is 11.6 Å². The van der Waals surface area contributed by atoms with Crippen LogP contribution in [0.4, 0.5) is 4.39 Å². The Balaban J connectivity index is 2.23. The van der Waals surface area contributed by atoms with Crippen LogP contribution in [-0.2, 0) is 34.3 Å². The normalized spacial score (nSPS) is 11.6. The quantitative estimate of drug-likeness (QED) is 0.733. The van der Waals surface area contributed by atoms with Gasteiger partial charge in [0.15, 0.2) is 0 Å². The van der Waals surface area contributed by atoms with E-state index in [9.17, 15) is 22.4 Å². The van der Waals surface area contributed by atoms with Crippen molar-refractivity contribution in [2.24, 2.45) is 0 Å². The Morgan fingerprint density at radius 2 is 1.92 bits per heavy atom. The molecule has 0 saturated heterocycles. The van der Waals surface area contributed by atoms with E-state index in [4.69, 9.17) is 5.11 Å². The third kappa shape index (κ3) is 5.47. The average molecular weight is 369 g/mol. The number of nitrogens with zero attached hydrogens (tertiary/aromatic N) is 2. The van der Waals surface area contributed by atoms with E-state index in [0.717, 1.165) is 16.8 Å². The lowest BCUT2D eigenvalue weighted by Crippen LogP contribution is -2.31. The van der Waals surface area contributed by atoms with Gasteiger partial charge in [-0.05, 0) is 17.7 Å². The van der Waals surface area contributed by atoms with E-state index in [1.54, 1.807) is 0 Å². The molecule has 25 heavy (non-hydrogen) atoms. The van der Waals surface area contributed by atoms with Crippen LogP contribution in [0.3, 0.4) is 0 Å². The topological polar surface area (TPSA) is 120 Å². The number of aromatic nitrogens is 2. The SMILES string of the molecule is CS(=O)(=O)N(Cc1ccc(F)cc1)Cc1ncc(CC(=O)O)c(=O)[nH]1. The number of sulfonamides is 1. The fourth-order valence-corrected chi connectivity index (χ4v) is 2.82. The number of aliphatic carboxylic acids is 1. The summed E-state index contributed by atoms with van der Waals surface area (Å²) in [6, 6.07) is 5.35. The first-order chi connectivity index (χ1) is 11.6. The van der Waals surface area contributed by atoms with Gasteiger partial charge >= 0.3 is 5.97 Å². The molecular formula is C15H16FN3O5S. The van der Waals surface area contributed by atoms with Crippen LogP contribution in [-0.4, -0.2) is 40.0 Å². The largest absolute Gasteiger partial charge is 0.481 e. The molecule has 0 aliphatic carbocycles. The third-order valence-corrected chi connectivity index (χ3v) is 4.53. The molecule has 2 rings (SSSR count). The smallest absolute Gasteiger partial charge is 0.308 e. The highest BCUT2D eigenvalue weighted by atomic mass is 32.2. The van der Waals surface area contributed by atoms with Crippen molar-refractivity contribution in [1.82, 2.24) is 14.3 Å². The molecule has 0 saturated carbocycles. The van der Waals surface area contributed by atoms with E-state index in [1.165, 1.54) is 24.3 Å². The van der Waals surface area contributed by atoms with Crippen molar-refractivity contribution in [1.29, 1.82) is 0 Å². The Morgan fingerprint density at radius 3 is 2.44 bits per heavy atom. The lowest BCUT2D eigenvalue weighted by Gasteiger charge is -2.19. The fraction of sp³-hybridized carbons (Fsp3) is 0.267. The molecule has 0 spiro atoms. The molecule has 0 fully saturated rings. The minimum absolute atomic E-state index is 0.0271. The second kappa shape index (κ2) is 7.53. The molecule has 2 aromatic rings. The molecule has 0 aliphatic rings. The Bertz CT molecular complexity index is 925. The zero-order valence-corrected chi connectivity index (χ0v) is 14.1. The summed E-state index contributed by atoms with van der Waals surface area (Å²) in [4.78, 5) is 28.8. The van der Waals surface area contributed by atoms with E-state index in [1.807, 2.05) is 0 Å². The van der Waals surface area contributed by atoms with Crippen molar-refractivity contribution < 1.29 is 22.7 Å². The molecule has 2 N–H and O–H groups in total. The fourth-order valence-electron chi connectivity index (χ4n) is 2.08. The van der Waals surface area contributed by atoms with E-state index >= 15 is 0 Å². The maximum atomic E-state index is 13.0. The third-order valence-electron chi connectivity index (χ3n) is 3.33. The van der Waals surface area contributed by atoms with Gasteiger partial charge in [-0.3, -0.25) is 9.59 Å². The zero-order valence-electron chi connectivity index (χ0n) is 13.3. The number of hydrogen-bond acceptors (Lipinski definition) is 5. The van der Waals surface area contributed by atoms with Crippen molar-refractivity contribution in [2.75, 3.05) is 6.26 Å². The molecule has 1 aromatic carbocycles. The number of halogens is 1. The summed E-state index contributed by atoms with van der Waals surface area (Å²) in [5, 5.41) is 8.70. The predicted molar refractivity (Wildman–Crippen MR) is 86.7 cm³/mol. The number of rotatable bonds is 7. The predicted octanol–water partition coefficient (Wildman–Crippen LogP) is 0.498. The zero-order chi connectivity index (χ0) is 18.6. The highest BCUT2D eigenvalue weighted by molar-refractivity contribution is 7.88. The van der Waals surface area contributed by atoms with Crippen LogP contribution in [0.1, 0.15) is 17.0 Å². The Hall–Kier alpha value is -2.59.